The molecule has 8 heteroatoms. The van der Waals surface area contributed by atoms with Crippen LogP contribution in [0.1, 0.15) is 41.2 Å². The minimum atomic E-state index is -0.0827. The Bertz CT molecular complexity index is 927. The van der Waals surface area contributed by atoms with Crippen LogP contribution in [0.5, 0.6) is 0 Å². The van der Waals surface area contributed by atoms with Crippen LogP contribution in [-0.4, -0.2) is 40.1 Å². The van der Waals surface area contributed by atoms with Crippen LogP contribution in [0.2, 0.25) is 0 Å². The Morgan fingerprint density at radius 3 is 2.86 bits per heavy atom. The number of hydrogen-bond acceptors (Lipinski definition) is 7. The number of amides is 1. The van der Waals surface area contributed by atoms with Crippen molar-refractivity contribution in [2.24, 2.45) is 0 Å². The van der Waals surface area contributed by atoms with Crippen LogP contribution >= 0.6 is 11.3 Å². The third-order valence-corrected chi connectivity index (χ3v) is 5.35. The number of nitrogens with zero attached hydrogens (tertiary/aromatic N) is 3. The summed E-state index contributed by atoms with van der Waals surface area (Å²) in [5.41, 5.74) is 1.81. The van der Waals surface area contributed by atoms with E-state index in [0.717, 1.165) is 27.9 Å². The number of rotatable bonds is 9. The molecular weight excluding hydrogens is 374 g/mol. The minimum absolute atomic E-state index is 0.0827. The number of carbonyl (C=O) groups is 1. The molecule has 3 heterocycles. The molecule has 1 amide bonds. The fourth-order valence-electron chi connectivity index (χ4n) is 2.77. The van der Waals surface area contributed by atoms with E-state index >= 15 is 0 Å². The summed E-state index contributed by atoms with van der Waals surface area (Å²) in [5, 5.41) is 7.16. The van der Waals surface area contributed by atoms with Crippen molar-refractivity contribution in [3.05, 3.63) is 46.9 Å². The van der Waals surface area contributed by atoms with E-state index in [2.05, 4.69) is 25.6 Å². The normalized spacial score (nSPS) is 11.1. The first kappa shape index (κ1) is 20.2. The summed E-state index contributed by atoms with van der Waals surface area (Å²) in [4.78, 5) is 27.1. The predicted octanol–water partition coefficient (Wildman–Crippen LogP) is 3.55. The molecule has 0 unspecified atom stereocenters. The standard InChI is InChI=1S/C20H25N5O2S/c1-13(2)27-10-6-9-22-19(26)17-14(3)16-18(24-12-25-20(16)28-17)23-11-15-7-4-5-8-21-15/h4-5,7-8,12-13H,6,9-11H2,1-3H3,(H,22,26)(H,23,24,25). The lowest BCUT2D eigenvalue weighted by atomic mass is 10.2. The van der Waals surface area contributed by atoms with E-state index in [4.69, 9.17) is 4.74 Å². The van der Waals surface area contributed by atoms with Gasteiger partial charge in [0.05, 0.1) is 28.6 Å². The monoisotopic (exact) mass is 399 g/mol. The van der Waals surface area contributed by atoms with Crippen molar-refractivity contribution < 1.29 is 9.53 Å². The number of nitrogens with one attached hydrogen (secondary N) is 2. The zero-order valence-corrected chi connectivity index (χ0v) is 17.2. The van der Waals surface area contributed by atoms with Gasteiger partial charge in [-0.1, -0.05) is 6.07 Å². The first-order valence-electron chi connectivity index (χ1n) is 9.34. The van der Waals surface area contributed by atoms with Crippen molar-refractivity contribution in [2.45, 2.75) is 39.8 Å². The van der Waals surface area contributed by atoms with Crippen LogP contribution in [0.4, 0.5) is 5.82 Å². The van der Waals surface area contributed by atoms with Gasteiger partial charge < -0.3 is 15.4 Å². The molecule has 0 saturated heterocycles. The molecule has 0 aliphatic heterocycles. The molecule has 3 aromatic rings. The SMILES string of the molecule is Cc1c(C(=O)NCCCOC(C)C)sc2ncnc(NCc3ccccn3)c12. The molecule has 0 atom stereocenters. The van der Waals surface area contributed by atoms with E-state index in [9.17, 15) is 4.79 Å². The summed E-state index contributed by atoms with van der Waals surface area (Å²) in [7, 11) is 0. The highest BCUT2D eigenvalue weighted by Gasteiger charge is 2.19. The summed E-state index contributed by atoms with van der Waals surface area (Å²) < 4.78 is 5.50. The van der Waals surface area contributed by atoms with Crippen molar-refractivity contribution in [1.82, 2.24) is 20.3 Å². The molecule has 0 aromatic carbocycles. The van der Waals surface area contributed by atoms with E-state index in [1.165, 1.54) is 17.7 Å². The van der Waals surface area contributed by atoms with Crippen LogP contribution < -0.4 is 10.6 Å². The van der Waals surface area contributed by atoms with Gasteiger partial charge in [-0.05, 0) is 44.9 Å². The summed E-state index contributed by atoms with van der Waals surface area (Å²) in [6.45, 7) is 7.70. The van der Waals surface area contributed by atoms with E-state index in [0.29, 0.717) is 30.4 Å². The lowest BCUT2D eigenvalue weighted by Crippen LogP contribution is -2.25. The lowest BCUT2D eigenvalue weighted by Gasteiger charge is -2.08. The van der Waals surface area contributed by atoms with Crippen LogP contribution in [0.3, 0.4) is 0 Å². The second-order valence-electron chi connectivity index (χ2n) is 6.66. The van der Waals surface area contributed by atoms with E-state index in [-0.39, 0.29) is 12.0 Å². The Labute approximate surface area is 168 Å². The van der Waals surface area contributed by atoms with Gasteiger partial charge in [0.2, 0.25) is 0 Å². The maximum atomic E-state index is 12.6. The Hall–Kier alpha value is -2.58. The molecule has 28 heavy (non-hydrogen) atoms. The highest BCUT2D eigenvalue weighted by Crippen LogP contribution is 2.33. The number of anilines is 1. The van der Waals surface area contributed by atoms with E-state index < -0.39 is 0 Å². The molecule has 148 valence electrons. The van der Waals surface area contributed by atoms with Crippen molar-refractivity contribution in [2.75, 3.05) is 18.5 Å². The lowest BCUT2D eigenvalue weighted by molar-refractivity contribution is 0.0757. The van der Waals surface area contributed by atoms with Gasteiger partial charge in [-0.25, -0.2) is 9.97 Å². The fourth-order valence-corrected chi connectivity index (χ4v) is 3.84. The van der Waals surface area contributed by atoms with Gasteiger partial charge in [-0.2, -0.15) is 0 Å². The van der Waals surface area contributed by atoms with Crippen LogP contribution in [0.15, 0.2) is 30.7 Å². The number of pyridine rings is 1. The fraction of sp³-hybridized carbons (Fsp3) is 0.400. The van der Waals surface area contributed by atoms with Gasteiger partial charge in [0.1, 0.15) is 17.0 Å². The van der Waals surface area contributed by atoms with Crippen LogP contribution in [0.25, 0.3) is 10.2 Å². The predicted molar refractivity (Wildman–Crippen MR) is 112 cm³/mol. The van der Waals surface area contributed by atoms with Crippen molar-refractivity contribution in [1.29, 1.82) is 0 Å². The van der Waals surface area contributed by atoms with Crippen LogP contribution in [0, 0.1) is 6.92 Å². The molecule has 2 N–H and O–H groups in total. The molecule has 0 radical (unpaired) electrons. The van der Waals surface area contributed by atoms with Gasteiger partial charge >= 0.3 is 0 Å². The summed E-state index contributed by atoms with van der Waals surface area (Å²) in [6.07, 6.45) is 4.27. The quantitative estimate of drug-likeness (QED) is 0.535. The number of hydrogen-bond donors (Lipinski definition) is 2. The number of fused-ring (bicyclic) bond motifs is 1. The van der Waals surface area contributed by atoms with Crippen molar-refractivity contribution in [3.8, 4) is 0 Å². The summed E-state index contributed by atoms with van der Waals surface area (Å²) >= 11 is 1.39. The van der Waals surface area contributed by atoms with Gasteiger partial charge in [-0.3, -0.25) is 9.78 Å². The highest BCUT2D eigenvalue weighted by molar-refractivity contribution is 7.20. The molecule has 0 fully saturated rings. The Kier molecular flexibility index (Phi) is 6.89. The molecule has 0 bridgehead atoms. The number of aromatic nitrogens is 3. The van der Waals surface area contributed by atoms with Crippen molar-refractivity contribution in [3.63, 3.8) is 0 Å². The molecule has 3 aromatic heterocycles. The maximum Gasteiger partial charge on any atom is 0.261 e. The third kappa shape index (κ3) is 5.02. The third-order valence-electron chi connectivity index (χ3n) is 4.15. The first-order valence-corrected chi connectivity index (χ1v) is 10.2. The molecule has 7 nitrogen and oxygen atoms in total. The van der Waals surface area contributed by atoms with Crippen molar-refractivity contribution >= 4 is 33.3 Å². The average molecular weight is 400 g/mol. The van der Waals surface area contributed by atoms with E-state index in [1.807, 2.05) is 39.0 Å². The maximum absolute atomic E-state index is 12.6. The Morgan fingerprint density at radius 1 is 1.25 bits per heavy atom. The van der Waals surface area contributed by atoms with Gasteiger partial charge in [0.25, 0.3) is 5.91 Å². The second-order valence-corrected chi connectivity index (χ2v) is 7.66. The molecule has 0 saturated carbocycles. The second kappa shape index (κ2) is 9.57. The first-order chi connectivity index (χ1) is 13.6. The summed E-state index contributed by atoms with van der Waals surface area (Å²) in [6, 6.07) is 5.78. The average Bonchev–Trinajstić information content (AvgIpc) is 3.04. The summed E-state index contributed by atoms with van der Waals surface area (Å²) in [5.74, 6) is 0.634. The topological polar surface area (TPSA) is 89.0 Å². The zero-order valence-electron chi connectivity index (χ0n) is 16.4. The molecule has 0 aliphatic carbocycles. The number of ether oxygens (including phenoxy) is 1. The Morgan fingerprint density at radius 2 is 2.11 bits per heavy atom. The molecule has 3 rings (SSSR count). The van der Waals surface area contributed by atoms with Gasteiger partial charge in [0.15, 0.2) is 0 Å². The largest absolute Gasteiger partial charge is 0.379 e. The van der Waals surface area contributed by atoms with Crippen LogP contribution in [-0.2, 0) is 11.3 Å². The Balaban J connectivity index is 1.69. The number of thiophene rings is 1. The highest BCUT2D eigenvalue weighted by atomic mass is 32.1. The van der Waals surface area contributed by atoms with Gasteiger partial charge in [0, 0.05) is 19.3 Å². The molecule has 0 spiro atoms. The molecule has 0 aliphatic rings. The smallest absolute Gasteiger partial charge is 0.261 e. The minimum Gasteiger partial charge on any atom is -0.379 e. The van der Waals surface area contributed by atoms with E-state index in [1.54, 1.807) is 6.20 Å². The van der Waals surface area contributed by atoms with Gasteiger partial charge in [-0.15, -0.1) is 11.3 Å². The zero-order chi connectivity index (χ0) is 19.9. The molecular formula is C20H25N5O2S. The number of carbonyl (C=O) groups excluding carboxylic acids is 1. The number of aryl methyl sites for hydroxylation is 1.